The molecule has 3 heteroatoms. The predicted octanol–water partition coefficient (Wildman–Crippen LogP) is 3.08. The summed E-state index contributed by atoms with van der Waals surface area (Å²) < 4.78 is 0. The molecule has 2 rings (SSSR count). The number of amides is 1. The molecule has 2 fully saturated rings. The van der Waals surface area contributed by atoms with E-state index in [2.05, 4.69) is 4.90 Å². The maximum absolute atomic E-state index is 12.4. The molecule has 0 atom stereocenters. The SMILES string of the molecule is CC(C)(N)CCC(=O)N(CC1CCCCC1)C1CC1. The Kier molecular flexibility index (Phi) is 4.88. The van der Waals surface area contributed by atoms with E-state index in [0.717, 1.165) is 18.9 Å². The highest BCUT2D eigenvalue weighted by Crippen LogP contribution is 2.32. The summed E-state index contributed by atoms with van der Waals surface area (Å²) in [6, 6.07) is 0.551. The number of nitrogens with zero attached hydrogens (tertiary/aromatic N) is 1. The lowest BCUT2D eigenvalue weighted by atomic mass is 9.88. The molecule has 0 bridgehead atoms. The van der Waals surface area contributed by atoms with Gasteiger partial charge in [0.2, 0.25) is 5.91 Å². The smallest absolute Gasteiger partial charge is 0.222 e. The third kappa shape index (κ3) is 5.13. The van der Waals surface area contributed by atoms with Crippen LogP contribution in [-0.4, -0.2) is 28.9 Å². The van der Waals surface area contributed by atoms with E-state index in [0.29, 0.717) is 18.4 Å². The zero-order valence-electron chi connectivity index (χ0n) is 12.7. The topological polar surface area (TPSA) is 46.3 Å². The van der Waals surface area contributed by atoms with Crippen LogP contribution in [0.3, 0.4) is 0 Å². The Hall–Kier alpha value is -0.570. The van der Waals surface area contributed by atoms with Crippen molar-refractivity contribution in [3.63, 3.8) is 0 Å². The van der Waals surface area contributed by atoms with Crippen molar-refractivity contribution in [1.82, 2.24) is 4.90 Å². The quantitative estimate of drug-likeness (QED) is 0.803. The lowest BCUT2D eigenvalue weighted by Gasteiger charge is -2.30. The summed E-state index contributed by atoms with van der Waals surface area (Å²) in [5.74, 6) is 1.09. The average molecular weight is 266 g/mol. The number of nitrogens with two attached hydrogens (primary N) is 1. The van der Waals surface area contributed by atoms with Gasteiger partial charge in [0.05, 0.1) is 0 Å². The van der Waals surface area contributed by atoms with Gasteiger partial charge in [0.15, 0.2) is 0 Å². The van der Waals surface area contributed by atoms with Gasteiger partial charge in [0, 0.05) is 24.5 Å². The van der Waals surface area contributed by atoms with Crippen molar-refractivity contribution in [1.29, 1.82) is 0 Å². The van der Waals surface area contributed by atoms with Gasteiger partial charge < -0.3 is 10.6 Å². The van der Waals surface area contributed by atoms with E-state index in [-0.39, 0.29) is 5.54 Å². The fourth-order valence-corrected chi connectivity index (χ4v) is 3.06. The molecule has 0 heterocycles. The van der Waals surface area contributed by atoms with Crippen LogP contribution in [0, 0.1) is 5.92 Å². The van der Waals surface area contributed by atoms with Gasteiger partial charge in [-0.1, -0.05) is 19.3 Å². The van der Waals surface area contributed by atoms with E-state index in [1.165, 1.54) is 44.9 Å². The summed E-state index contributed by atoms with van der Waals surface area (Å²) >= 11 is 0. The first kappa shape index (κ1) is 14.8. The van der Waals surface area contributed by atoms with E-state index in [4.69, 9.17) is 5.73 Å². The van der Waals surface area contributed by atoms with Crippen LogP contribution in [0.5, 0.6) is 0 Å². The number of hydrogen-bond donors (Lipinski definition) is 1. The first-order valence-corrected chi connectivity index (χ1v) is 8.04. The minimum absolute atomic E-state index is 0.226. The molecule has 0 radical (unpaired) electrons. The van der Waals surface area contributed by atoms with E-state index in [9.17, 15) is 4.79 Å². The van der Waals surface area contributed by atoms with Crippen LogP contribution < -0.4 is 5.73 Å². The van der Waals surface area contributed by atoms with Gasteiger partial charge in [-0.25, -0.2) is 0 Å². The summed E-state index contributed by atoms with van der Waals surface area (Å²) in [4.78, 5) is 14.6. The molecule has 1 amide bonds. The summed E-state index contributed by atoms with van der Waals surface area (Å²) in [7, 11) is 0. The second-order valence-corrected chi connectivity index (χ2v) is 7.27. The standard InChI is InChI=1S/C16H30N2O/c1-16(2,17)11-10-15(19)18(14-8-9-14)12-13-6-4-3-5-7-13/h13-14H,3-12,17H2,1-2H3. The number of carbonyl (C=O) groups excluding carboxylic acids is 1. The highest BCUT2D eigenvalue weighted by Gasteiger charge is 2.34. The molecular weight excluding hydrogens is 236 g/mol. The molecule has 0 spiro atoms. The van der Waals surface area contributed by atoms with Crippen molar-refractivity contribution >= 4 is 5.91 Å². The summed E-state index contributed by atoms with van der Waals surface area (Å²) in [6.07, 6.45) is 10.6. The molecule has 2 saturated carbocycles. The van der Waals surface area contributed by atoms with Gasteiger partial charge in [-0.15, -0.1) is 0 Å². The Labute approximate surface area is 117 Å². The number of hydrogen-bond acceptors (Lipinski definition) is 2. The molecule has 0 aromatic rings. The van der Waals surface area contributed by atoms with Crippen LogP contribution >= 0.6 is 0 Å². The number of rotatable bonds is 6. The zero-order chi connectivity index (χ0) is 13.9. The fourth-order valence-electron chi connectivity index (χ4n) is 3.06. The maximum atomic E-state index is 12.4. The van der Waals surface area contributed by atoms with E-state index in [1.807, 2.05) is 13.8 Å². The average Bonchev–Trinajstić information content (AvgIpc) is 3.18. The van der Waals surface area contributed by atoms with E-state index in [1.54, 1.807) is 0 Å². The van der Waals surface area contributed by atoms with Gasteiger partial charge in [-0.3, -0.25) is 4.79 Å². The first-order valence-electron chi connectivity index (χ1n) is 8.04. The van der Waals surface area contributed by atoms with Gasteiger partial charge >= 0.3 is 0 Å². The van der Waals surface area contributed by atoms with Gasteiger partial charge in [-0.2, -0.15) is 0 Å². The molecule has 0 aliphatic heterocycles. The van der Waals surface area contributed by atoms with Crippen LogP contribution in [0.1, 0.15) is 71.6 Å². The highest BCUT2D eigenvalue weighted by atomic mass is 16.2. The molecule has 0 saturated heterocycles. The Morgan fingerprint density at radius 1 is 1.16 bits per heavy atom. The Bertz CT molecular complexity index is 298. The molecular formula is C16H30N2O. The van der Waals surface area contributed by atoms with Crippen molar-refractivity contribution in [3.05, 3.63) is 0 Å². The van der Waals surface area contributed by atoms with Crippen LogP contribution in [-0.2, 0) is 4.79 Å². The lowest BCUT2D eigenvalue weighted by Crippen LogP contribution is -2.40. The summed E-state index contributed by atoms with van der Waals surface area (Å²) in [5, 5.41) is 0. The minimum Gasteiger partial charge on any atom is -0.339 e. The molecule has 2 N–H and O–H groups in total. The fraction of sp³-hybridized carbons (Fsp3) is 0.938. The molecule has 0 aromatic carbocycles. The van der Waals surface area contributed by atoms with Gasteiger partial charge in [-0.05, 0) is 51.9 Å². The molecule has 2 aliphatic carbocycles. The molecule has 0 unspecified atom stereocenters. The van der Waals surface area contributed by atoms with Crippen molar-refractivity contribution < 1.29 is 4.79 Å². The van der Waals surface area contributed by atoms with Crippen molar-refractivity contribution in [3.8, 4) is 0 Å². The Balaban J connectivity index is 1.82. The van der Waals surface area contributed by atoms with E-state index < -0.39 is 0 Å². The van der Waals surface area contributed by atoms with Crippen LogP contribution in [0.4, 0.5) is 0 Å². The zero-order valence-corrected chi connectivity index (χ0v) is 12.7. The highest BCUT2D eigenvalue weighted by molar-refractivity contribution is 5.77. The summed E-state index contributed by atoms with van der Waals surface area (Å²) in [5.41, 5.74) is 5.76. The molecule has 110 valence electrons. The molecule has 3 nitrogen and oxygen atoms in total. The third-order valence-electron chi connectivity index (χ3n) is 4.47. The molecule has 2 aliphatic rings. The normalized spacial score (nSPS) is 21.4. The minimum atomic E-state index is -0.226. The van der Waals surface area contributed by atoms with Crippen molar-refractivity contribution in [2.45, 2.75) is 83.2 Å². The number of carbonyl (C=O) groups is 1. The monoisotopic (exact) mass is 266 g/mol. The first-order chi connectivity index (χ1) is 8.96. The van der Waals surface area contributed by atoms with Crippen LogP contribution in [0.2, 0.25) is 0 Å². The van der Waals surface area contributed by atoms with Crippen LogP contribution in [0.25, 0.3) is 0 Å². The van der Waals surface area contributed by atoms with Gasteiger partial charge in [0.1, 0.15) is 0 Å². The second kappa shape index (κ2) is 6.25. The molecule has 19 heavy (non-hydrogen) atoms. The van der Waals surface area contributed by atoms with E-state index >= 15 is 0 Å². The molecule has 0 aromatic heterocycles. The largest absolute Gasteiger partial charge is 0.339 e. The van der Waals surface area contributed by atoms with Crippen LogP contribution in [0.15, 0.2) is 0 Å². The summed E-state index contributed by atoms with van der Waals surface area (Å²) in [6.45, 7) is 5.01. The second-order valence-electron chi connectivity index (χ2n) is 7.27. The third-order valence-corrected chi connectivity index (χ3v) is 4.47. The van der Waals surface area contributed by atoms with Gasteiger partial charge in [0.25, 0.3) is 0 Å². The maximum Gasteiger partial charge on any atom is 0.222 e. The Morgan fingerprint density at radius 3 is 2.32 bits per heavy atom. The lowest BCUT2D eigenvalue weighted by molar-refractivity contribution is -0.133. The van der Waals surface area contributed by atoms with Crippen molar-refractivity contribution in [2.24, 2.45) is 11.7 Å². The predicted molar refractivity (Wildman–Crippen MR) is 78.8 cm³/mol. The van der Waals surface area contributed by atoms with Crippen molar-refractivity contribution in [2.75, 3.05) is 6.54 Å². The Morgan fingerprint density at radius 2 is 1.79 bits per heavy atom.